The summed E-state index contributed by atoms with van der Waals surface area (Å²) < 4.78 is 0. The van der Waals surface area contributed by atoms with Gasteiger partial charge in [0.1, 0.15) is 0 Å². The van der Waals surface area contributed by atoms with Crippen molar-refractivity contribution in [2.45, 2.75) is 32.9 Å². The Kier molecular flexibility index (Phi) is 4.23. The van der Waals surface area contributed by atoms with Crippen LogP contribution in [-0.4, -0.2) is 16.0 Å². The first kappa shape index (κ1) is 12.2. The smallest absolute Gasteiger partial charge is 0.0972 e. The molecule has 0 aliphatic heterocycles. The summed E-state index contributed by atoms with van der Waals surface area (Å²) in [7, 11) is 0. The van der Waals surface area contributed by atoms with E-state index in [-0.39, 0.29) is 0 Å². The van der Waals surface area contributed by atoms with Crippen LogP contribution in [-0.2, 0) is 13.0 Å². The minimum atomic E-state index is 0.515. The Morgan fingerprint density at radius 3 is 2.76 bits per heavy atom. The van der Waals surface area contributed by atoms with E-state index in [1.54, 1.807) is 11.3 Å². The van der Waals surface area contributed by atoms with Crippen molar-refractivity contribution in [2.24, 2.45) is 0 Å². The highest BCUT2D eigenvalue weighted by atomic mass is 32.1. The number of nitrogens with zero attached hydrogens (tertiary/aromatic N) is 2. The predicted molar refractivity (Wildman–Crippen MR) is 71.1 cm³/mol. The standard InChI is InChI=1S/C13H17N3S/c1-10(2)15-8-12-9-16-13(17-12)7-11-3-5-14-6-4-11/h3-6,9-10,15H,7-8H2,1-2H3. The van der Waals surface area contributed by atoms with Crippen LogP contribution in [0.3, 0.4) is 0 Å². The molecule has 0 aromatic carbocycles. The van der Waals surface area contributed by atoms with Crippen LogP contribution in [0.15, 0.2) is 30.7 Å². The van der Waals surface area contributed by atoms with Gasteiger partial charge in [0.15, 0.2) is 0 Å². The molecule has 0 amide bonds. The normalized spacial score (nSPS) is 11.0. The molecule has 0 saturated heterocycles. The Morgan fingerprint density at radius 2 is 2.06 bits per heavy atom. The van der Waals surface area contributed by atoms with Gasteiger partial charge in [-0.2, -0.15) is 0 Å². The lowest BCUT2D eigenvalue weighted by atomic mass is 10.2. The van der Waals surface area contributed by atoms with Gasteiger partial charge in [0, 0.05) is 42.5 Å². The summed E-state index contributed by atoms with van der Waals surface area (Å²) in [5.41, 5.74) is 1.26. The summed E-state index contributed by atoms with van der Waals surface area (Å²) in [4.78, 5) is 9.76. The van der Waals surface area contributed by atoms with Crippen molar-refractivity contribution in [1.29, 1.82) is 0 Å². The minimum Gasteiger partial charge on any atom is -0.310 e. The molecule has 17 heavy (non-hydrogen) atoms. The second-order valence-corrected chi connectivity index (χ2v) is 5.49. The average molecular weight is 247 g/mol. The topological polar surface area (TPSA) is 37.8 Å². The molecular weight excluding hydrogens is 230 g/mol. The Labute approximate surface area is 106 Å². The fraction of sp³-hybridized carbons (Fsp3) is 0.385. The highest BCUT2D eigenvalue weighted by molar-refractivity contribution is 7.11. The summed E-state index contributed by atoms with van der Waals surface area (Å²) in [6.07, 6.45) is 6.51. The van der Waals surface area contributed by atoms with E-state index in [2.05, 4.69) is 29.1 Å². The molecule has 0 atom stereocenters. The summed E-state index contributed by atoms with van der Waals surface area (Å²) in [6.45, 7) is 5.21. The summed E-state index contributed by atoms with van der Waals surface area (Å²) in [5.74, 6) is 0. The molecule has 1 N–H and O–H groups in total. The average Bonchev–Trinajstić information content (AvgIpc) is 2.75. The maximum Gasteiger partial charge on any atom is 0.0972 e. The molecular formula is C13H17N3S. The van der Waals surface area contributed by atoms with Crippen molar-refractivity contribution >= 4 is 11.3 Å². The van der Waals surface area contributed by atoms with Crippen molar-refractivity contribution in [2.75, 3.05) is 0 Å². The van der Waals surface area contributed by atoms with E-state index >= 15 is 0 Å². The maximum absolute atomic E-state index is 4.45. The zero-order valence-corrected chi connectivity index (χ0v) is 11.0. The van der Waals surface area contributed by atoms with Crippen LogP contribution in [0, 0.1) is 0 Å². The molecule has 0 bridgehead atoms. The SMILES string of the molecule is CC(C)NCc1cnc(Cc2ccncc2)s1. The van der Waals surface area contributed by atoms with Gasteiger partial charge in [0.05, 0.1) is 5.01 Å². The van der Waals surface area contributed by atoms with Gasteiger partial charge in [-0.15, -0.1) is 11.3 Å². The Morgan fingerprint density at radius 1 is 1.29 bits per heavy atom. The maximum atomic E-state index is 4.45. The molecule has 3 nitrogen and oxygen atoms in total. The van der Waals surface area contributed by atoms with E-state index in [9.17, 15) is 0 Å². The van der Waals surface area contributed by atoms with E-state index in [0.717, 1.165) is 18.0 Å². The molecule has 2 rings (SSSR count). The first-order chi connectivity index (χ1) is 8.24. The Balaban J connectivity index is 1.94. The lowest BCUT2D eigenvalue weighted by molar-refractivity contribution is 0.593. The van der Waals surface area contributed by atoms with Gasteiger partial charge in [0.25, 0.3) is 0 Å². The predicted octanol–water partition coefficient (Wildman–Crippen LogP) is 2.63. The number of nitrogens with one attached hydrogen (secondary N) is 1. The van der Waals surface area contributed by atoms with Gasteiger partial charge < -0.3 is 5.32 Å². The van der Waals surface area contributed by atoms with E-state index < -0.39 is 0 Å². The number of thiazole rings is 1. The molecule has 0 unspecified atom stereocenters. The molecule has 2 aromatic heterocycles. The van der Waals surface area contributed by atoms with Gasteiger partial charge in [-0.25, -0.2) is 4.98 Å². The van der Waals surface area contributed by atoms with Crippen molar-refractivity contribution in [3.8, 4) is 0 Å². The molecule has 0 aliphatic carbocycles. The summed E-state index contributed by atoms with van der Waals surface area (Å²) >= 11 is 1.78. The Bertz CT molecular complexity index is 451. The lowest BCUT2D eigenvalue weighted by Gasteiger charge is -2.04. The van der Waals surface area contributed by atoms with Crippen LogP contribution in [0.4, 0.5) is 0 Å². The minimum absolute atomic E-state index is 0.515. The highest BCUT2D eigenvalue weighted by Crippen LogP contribution is 2.16. The van der Waals surface area contributed by atoms with Gasteiger partial charge in [0.2, 0.25) is 0 Å². The largest absolute Gasteiger partial charge is 0.310 e. The molecule has 0 aliphatic rings. The molecule has 4 heteroatoms. The quantitative estimate of drug-likeness (QED) is 0.882. The first-order valence-corrected chi connectivity index (χ1v) is 6.61. The first-order valence-electron chi connectivity index (χ1n) is 5.80. The fourth-order valence-electron chi connectivity index (χ4n) is 1.49. The number of hydrogen-bond donors (Lipinski definition) is 1. The molecule has 2 heterocycles. The van der Waals surface area contributed by atoms with E-state index in [0.29, 0.717) is 6.04 Å². The van der Waals surface area contributed by atoms with Gasteiger partial charge in [-0.1, -0.05) is 13.8 Å². The molecule has 0 radical (unpaired) electrons. The highest BCUT2D eigenvalue weighted by Gasteiger charge is 2.03. The monoisotopic (exact) mass is 247 g/mol. The van der Waals surface area contributed by atoms with E-state index in [1.165, 1.54) is 10.4 Å². The van der Waals surface area contributed by atoms with Crippen LogP contribution in [0.5, 0.6) is 0 Å². The van der Waals surface area contributed by atoms with Crippen LogP contribution >= 0.6 is 11.3 Å². The molecule has 0 saturated carbocycles. The van der Waals surface area contributed by atoms with Crippen molar-refractivity contribution in [1.82, 2.24) is 15.3 Å². The van der Waals surface area contributed by atoms with E-state index in [4.69, 9.17) is 0 Å². The van der Waals surface area contributed by atoms with Crippen LogP contribution < -0.4 is 5.32 Å². The molecule has 90 valence electrons. The number of hydrogen-bond acceptors (Lipinski definition) is 4. The van der Waals surface area contributed by atoms with Crippen molar-refractivity contribution < 1.29 is 0 Å². The van der Waals surface area contributed by atoms with Gasteiger partial charge in [-0.05, 0) is 17.7 Å². The summed E-state index contributed by atoms with van der Waals surface area (Å²) in [5, 5.41) is 4.56. The molecule has 0 fully saturated rings. The lowest BCUT2D eigenvalue weighted by Crippen LogP contribution is -2.21. The van der Waals surface area contributed by atoms with Crippen molar-refractivity contribution in [3.05, 3.63) is 46.2 Å². The second kappa shape index (κ2) is 5.89. The zero-order chi connectivity index (χ0) is 12.1. The number of pyridine rings is 1. The molecule has 0 spiro atoms. The van der Waals surface area contributed by atoms with Crippen LogP contribution in [0.25, 0.3) is 0 Å². The third kappa shape index (κ3) is 3.91. The Hall–Kier alpha value is -1.26. The van der Waals surface area contributed by atoms with Crippen molar-refractivity contribution in [3.63, 3.8) is 0 Å². The second-order valence-electron chi connectivity index (χ2n) is 4.29. The number of aromatic nitrogens is 2. The van der Waals surface area contributed by atoms with E-state index in [1.807, 2.05) is 30.7 Å². The van der Waals surface area contributed by atoms with Crippen LogP contribution in [0.2, 0.25) is 0 Å². The fourth-order valence-corrected chi connectivity index (χ4v) is 2.40. The third-order valence-corrected chi connectivity index (χ3v) is 3.39. The zero-order valence-electron chi connectivity index (χ0n) is 10.2. The van der Waals surface area contributed by atoms with Gasteiger partial charge in [-0.3, -0.25) is 4.98 Å². The van der Waals surface area contributed by atoms with Gasteiger partial charge >= 0.3 is 0 Å². The molecule has 2 aromatic rings. The summed E-state index contributed by atoms with van der Waals surface area (Å²) in [6, 6.07) is 4.58. The van der Waals surface area contributed by atoms with Crippen LogP contribution in [0.1, 0.15) is 29.3 Å². The number of rotatable bonds is 5. The third-order valence-electron chi connectivity index (χ3n) is 2.39.